The Hall–Kier alpha value is -2.11. The van der Waals surface area contributed by atoms with Crippen molar-refractivity contribution in [2.24, 2.45) is 16.1 Å². The highest BCUT2D eigenvalue weighted by atomic mass is 35.5. The topological polar surface area (TPSA) is 50.9 Å². The van der Waals surface area contributed by atoms with Crippen LogP contribution in [0.25, 0.3) is 11.1 Å². The first-order valence-corrected chi connectivity index (χ1v) is 10.5. The van der Waals surface area contributed by atoms with E-state index in [0.29, 0.717) is 5.96 Å². The molecule has 2 fully saturated rings. The maximum atomic E-state index is 13.7. The van der Waals surface area contributed by atoms with E-state index in [1.165, 1.54) is 17.2 Å². The molecule has 150 valence electrons. The van der Waals surface area contributed by atoms with Gasteiger partial charge in [-0.1, -0.05) is 29.8 Å². The van der Waals surface area contributed by atoms with E-state index in [9.17, 15) is 4.39 Å². The van der Waals surface area contributed by atoms with Gasteiger partial charge in [0.15, 0.2) is 5.96 Å². The Bertz CT molecular complexity index is 1100. The molecule has 29 heavy (non-hydrogen) atoms. The SMILES string of the molecule is COC1CCC23Cc4ccc(-c5ccc(F)c(Cl)c5)cc4C24N=C(N)N(C)C34C1. The second kappa shape index (κ2) is 5.32. The van der Waals surface area contributed by atoms with Crippen LogP contribution in [-0.2, 0) is 16.7 Å². The van der Waals surface area contributed by atoms with Crippen LogP contribution in [0.15, 0.2) is 41.4 Å². The van der Waals surface area contributed by atoms with Crippen molar-refractivity contribution in [1.82, 2.24) is 4.90 Å². The van der Waals surface area contributed by atoms with E-state index in [4.69, 9.17) is 27.1 Å². The lowest BCUT2D eigenvalue weighted by Crippen LogP contribution is -2.50. The Morgan fingerprint density at radius 3 is 2.76 bits per heavy atom. The van der Waals surface area contributed by atoms with Gasteiger partial charge in [-0.05, 0) is 59.7 Å². The summed E-state index contributed by atoms with van der Waals surface area (Å²) in [7, 11) is 3.88. The first kappa shape index (κ1) is 17.7. The molecule has 2 saturated carbocycles. The Morgan fingerprint density at radius 1 is 1.24 bits per heavy atom. The number of guanidine groups is 1. The quantitative estimate of drug-likeness (QED) is 0.809. The number of nitrogens with zero attached hydrogens (tertiary/aromatic N) is 2. The van der Waals surface area contributed by atoms with Gasteiger partial charge in [0.2, 0.25) is 0 Å². The average Bonchev–Trinajstić information content (AvgIpc) is 2.96. The number of nitrogens with two attached hydrogens (primary N) is 1. The van der Waals surface area contributed by atoms with Crippen LogP contribution in [0, 0.1) is 11.2 Å². The normalized spacial score (nSPS) is 36.2. The molecule has 2 aromatic carbocycles. The van der Waals surface area contributed by atoms with Crippen molar-refractivity contribution < 1.29 is 9.13 Å². The lowest BCUT2D eigenvalue weighted by atomic mass is 9.78. The number of halogens is 2. The van der Waals surface area contributed by atoms with E-state index >= 15 is 0 Å². The van der Waals surface area contributed by atoms with Crippen LogP contribution in [0.1, 0.15) is 30.4 Å². The molecule has 4 aliphatic rings. The number of benzene rings is 2. The van der Waals surface area contributed by atoms with Gasteiger partial charge in [0, 0.05) is 26.0 Å². The highest BCUT2D eigenvalue weighted by molar-refractivity contribution is 6.31. The van der Waals surface area contributed by atoms with Gasteiger partial charge in [-0.15, -0.1) is 0 Å². The number of ether oxygens (including phenoxy) is 1. The number of fused-ring (bicyclic) bond motifs is 1. The van der Waals surface area contributed by atoms with E-state index in [1.807, 2.05) is 0 Å². The van der Waals surface area contributed by atoms with Crippen molar-refractivity contribution in [2.45, 2.75) is 42.9 Å². The molecular weight excluding hydrogens is 389 g/mol. The van der Waals surface area contributed by atoms with E-state index < -0.39 is 5.82 Å². The first-order chi connectivity index (χ1) is 13.9. The van der Waals surface area contributed by atoms with Gasteiger partial charge in [0.1, 0.15) is 11.4 Å². The molecule has 0 bridgehead atoms. The zero-order valence-electron chi connectivity index (χ0n) is 16.5. The predicted molar refractivity (Wildman–Crippen MR) is 111 cm³/mol. The second-order valence-corrected chi connectivity index (χ2v) is 9.37. The van der Waals surface area contributed by atoms with Gasteiger partial charge >= 0.3 is 0 Å². The van der Waals surface area contributed by atoms with Crippen molar-refractivity contribution in [2.75, 3.05) is 14.2 Å². The van der Waals surface area contributed by atoms with Crippen LogP contribution in [0.2, 0.25) is 5.02 Å². The van der Waals surface area contributed by atoms with Gasteiger partial charge in [-0.25, -0.2) is 9.38 Å². The zero-order valence-corrected chi connectivity index (χ0v) is 17.3. The van der Waals surface area contributed by atoms with Crippen molar-refractivity contribution in [3.63, 3.8) is 0 Å². The Balaban J connectivity index is 1.52. The van der Waals surface area contributed by atoms with Crippen LogP contribution >= 0.6 is 11.6 Å². The van der Waals surface area contributed by atoms with Gasteiger partial charge < -0.3 is 15.4 Å². The van der Waals surface area contributed by atoms with Crippen molar-refractivity contribution >= 4 is 17.6 Å². The zero-order chi connectivity index (χ0) is 20.2. The standard InChI is InChI=1S/C23H23ClFN3O/c1-28-20(26)27-23-17-9-13(14-5-6-19(25)18(24)10-14)3-4-15(17)11-21(23)8-7-16(29-2)12-22(21,23)28/h3-6,9-10,16H,7-8,11-12H2,1-2H3,(H2,26,27). The largest absolute Gasteiger partial charge is 0.381 e. The first-order valence-electron chi connectivity index (χ1n) is 10.1. The van der Waals surface area contributed by atoms with E-state index in [2.05, 4.69) is 30.1 Å². The number of methoxy groups -OCH3 is 1. The van der Waals surface area contributed by atoms with Crippen molar-refractivity contribution in [3.05, 3.63) is 58.4 Å². The Kier molecular flexibility index (Phi) is 3.25. The third-order valence-corrected chi connectivity index (χ3v) is 8.50. The molecule has 2 N–H and O–H groups in total. The minimum Gasteiger partial charge on any atom is -0.381 e. The molecule has 0 saturated heterocycles. The van der Waals surface area contributed by atoms with Gasteiger partial charge in [-0.2, -0.15) is 0 Å². The van der Waals surface area contributed by atoms with Gasteiger partial charge in [0.25, 0.3) is 0 Å². The summed E-state index contributed by atoms with van der Waals surface area (Å²) < 4.78 is 19.4. The van der Waals surface area contributed by atoms with Crippen LogP contribution < -0.4 is 5.73 Å². The molecule has 3 spiro atoms. The molecular formula is C23H23ClFN3O. The number of likely N-dealkylation sites (N-methyl/N-ethyl adjacent to an activating group) is 1. The summed E-state index contributed by atoms with van der Waals surface area (Å²) in [4.78, 5) is 7.33. The smallest absolute Gasteiger partial charge is 0.192 e. The molecule has 4 nitrogen and oxygen atoms in total. The third kappa shape index (κ3) is 1.75. The summed E-state index contributed by atoms with van der Waals surface area (Å²) >= 11 is 6.04. The lowest BCUT2D eigenvalue weighted by molar-refractivity contribution is 0.0235. The molecule has 1 heterocycles. The predicted octanol–water partition coefficient (Wildman–Crippen LogP) is 4.10. The summed E-state index contributed by atoms with van der Waals surface area (Å²) in [6.07, 6.45) is 4.33. The molecule has 0 aromatic heterocycles. The molecule has 6 rings (SSSR count). The Labute approximate surface area is 174 Å². The maximum absolute atomic E-state index is 13.7. The summed E-state index contributed by atoms with van der Waals surface area (Å²) in [5, 5.41) is 0.139. The monoisotopic (exact) mass is 411 g/mol. The fourth-order valence-corrected chi connectivity index (χ4v) is 7.17. The molecule has 4 unspecified atom stereocenters. The van der Waals surface area contributed by atoms with E-state index in [1.54, 1.807) is 19.2 Å². The number of hydrogen-bond acceptors (Lipinski definition) is 4. The maximum Gasteiger partial charge on any atom is 0.192 e. The summed E-state index contributed by atoms with van der Waals surface area (Å²) in [6, 6.07) is 11.4. The summed E-state index contributed by atoms with van der Waals surface area (Å²) in [5.74, 6) is 0.210. The van der Waals surface area contributed by atoms with Crippen LogP contribution in [-0.4, -0.2) is 36.7 Å². The minimum absolute atomic E-state index is 0.0913. The third-order valence-electron chi connectivity index (χ3n) is 8.21. The van der Waals surface area contributed by atoms with Gasteiger partial charge in [-0.3, -0.25) is 0 Å². The molecule has 3 aliphatic carbocycles. The number of hydrogen-bond donors (Lipinski definition) is 1. The number of aliphatic imine (C=N–C) groups is 1. The highest BCUT2D eigenvalue weighted by Gasteiger charge is 2.94. The van der Waals surface area contributed by atoms with Crippen LogP contribution in [0.5, 0.6) is 0 Å². The molecule has 4 atom stereocenters. The molecule has 1 aliphatic heterocycles. The summed E-state index contributed by atoms with van der Waals surface area (Å²) in [5.41, 5.74) is 10.6. The lowest BCUT2D eigenvalue weighted by Gasteiger charge is -2.39. The molecule has 0 radical (unpaired) electrons. The number of rotatable bonds is 2. The molecule has 0 amide bonds. The average molecular weight is 412 g/mol. The fraction of sp³-hybridized carbons (Fsp3) is 0.435. The highest BCUT2D eigenvalue weighted by Crippen LogP contribution is 2.86. The van der Waals surface area contributed by atoms with Gasteiger partial charge in [0.05, 0.1) is 16.7 Å². The van der Waals surface area contributed by atoms with Crippen LogP contribution in [0.4, 0.5) is 4.39 Å². The van der Waals surface area contributed by atoms with Crippen molar-refractivity contribution in [3.8, 4) is 11.1 Å². The fourth-order valence-electron chi connectivity index (χ4n) is 6.99. The van der Waals surface area contributed by atoms with E-state index in [0.717, 1.165) is 36.8 Å². The second-order valence-electron chi connectivity index (χ2n) is 8.96. The molecule has 6 heteroatoms. The van der Waals surface area contributed by atoms with Crippen LogP contribution in [0.3, 0.4) is 0 Å². The van der Waals surface area contributed by atoms with Crippen molar-refractivity contribution in [1.29, 1.82) is 0 Å². The van der Waals surface area contributed by atoms with E-state index in [-0.39, 0.29) is 27.6 Å². The molecule has 2 aromatic rings. The Morgan fingerprint density at radius 2 is 2.00 bits per heavy atom. The minimum atomic E-state index is -0.401. The summed E-state index contributed by atoms with van der Waals surface area (Å²) in [6.45, 7) is 0.